The van der Waals surface area contributed by atoms with Crippen LogP contribution in [-0.2, 0) is 0 Å². The van der Waals surface area contributed by atoms with Gasteiger partial charge in [0.1, 0.15) is 0 Å². The average Bonchev–Trinajstić information content (AvgIpc) is 2.25. The van der Waals surface area contributed by atoms with Crippen LogP contribution in [0.15, 0.2) is 0 Å². The van der Waals surface area contributed by atoms with E-state index in [4.69, 9.17) is 11.5 Å². The summed E-state index contributed by atoms with van der Waals surface area (Å²) in [6.45, 7) is 6.33. The van der Waals surface area contributed by atoms with Crippen molar-refractivity contribution in [1.29, 1.82) is 0 Å². The number of nitrogens with one attached hydrogen (secondary N) is 1. The third-order valence-electron chi connectivity index (χ3n) is 3.10. The fraction of sp³-hybridized carbons (Fsp3) is 1.00. The van der Waals surface area contributed by atoms with Crippen molar-refractivity contribution in [2.75, 3.05) is 26.2 Å². The number of piperidine rings is 1. The second kappa shape index (κ2) is 7.17. The van der Waals surface area contributed by atoms with Gasteiger partial charge in [0, 0.05) is 25.7 Å². The molecule has 1 aliphatic heterocycles. The van der Waals surface area contributed by atoms with Gasteiger partial charge in [-0.15, -0.1) is 0 Å². The largest absolute Gasteiger partial charge is 0.330 e. The molecule has 0 radical (unpaired) electrons. The van der Waals surface area contributed by atoms with Crippen molar-refractivity contribution < 1.29 is 0 Å². The summed E-state index contributed by atoms with van der Waals surface area (Å²) < 4.78 is 0. The van der Waals surface area contributed by atoms with E-state index in [1.165, 1.54) is 6.42 Å². The maximum atomic E-state index is 5.85. The van der Waals surface area contributed by atoms with E-state index in [9.17, 15) is 0 Å². The molecule has 0 saturated carbocycles. The Morgan fingerprint density at radius 1 is 1.40 bits per heavy atom. The molecule has 90 valence electrons. The van der Waals surface area contributed by atoms with Crippen LogP contribution in [0.2, 0.25) is 0 Å². The molecule has 4 nitrogen and oxygen atoms in total. The lowest BCUT2D eigenvalue weighted by Crippen LogP contribution is -2.48. The first-order valence-corrected chi connectivity index (χ1v) is 6.16. The van der Waals surface area contributed by atoms with Gasteiger partial charge < -0.3 is 11.5 Å². The number of nitrogens with zero attached hydrogens (tertiary/aromatic N) is 1. The monoisotopic (exact) mass is 214 g/mol. The van der Waals surface area contributed by atoms with Crippen molar-refractivity contribution in [3.63, 3.8) is 0 Å². The fourth-order valence-corrected chi connectivity index (χ4v) is 1.91. The van der Waals surface area contributed by atoms with Crippen LogP contribution in [0.3, 0.4) is 0 Å². The summed E-state index contributed by atoms with van der Waals surface area (Å²) in [7, 11) is 0. The molecular formula is C11H26N4. The van der Waals surface area contributed by atoms with Gasteiger partial charge in [0.2, 0.25) is 0 Å². The lowest BCUT2D eigenvalue weighted by molar-refractivity contribution is 0.134. The standard InChI is InChI=1S/C11H26N4/c1-10(3-2-6-12)9-14-15-7-4-11(13)5-8-15/h10-11,14H,2-9,12-13H2,1H3. The summed E-state index contributed by atoms with van der Waals surface area (Å²) in [6, 6.07) is 0.415. The zero-order valence-electron chi connectivity index (χ0n) is 9.91. The minimum Gasteiger partial charge on any atom is -0.330 e. The smallest absolute Gasteiger partial charge is 0.0145 e. The number of rotatable bonds is 6. The highest BCUT2D eigenvalue weighted by molar-refractivity contribution is 4.72. The predicted octanol–water partition coefficient (Wildman–Crippen LogP) is 0.289. The maximum absolute atomic E-state index is 5.85. The first kappa shape index (κ1) is 12.9. The van der Waals surface area contributed by atoms with Crippen molar-refractivity contribution in [3.8, 4) is 0 Å². The lowest BCUT2D eigenvalue weighted by atomic mass is 10.1. The molecule has 1 unspecified atom stereocenters. The van der Waals surface area contributed by atoms with Crippen LogP contribution in [-0.4, -0.2) is 37.2 Å². The van der Waals surface area contributed by atoms with Gasteiger partial charge in [-0.05, 0) is 38.1 Å². The Kier molecular flexibility index (Phi) is 6.17. The lowest BCUT2D eigenvalue weighted by Gasteiger charge is -2.31. The Morgan fingerprint density at radius 3 is 2.67 bits per heavy atom. The van der Waals surface area contributed by atoms with E-state index < -0.39 is 0 Å². The summed E-state index contributed by atoms with van der Waals surface area (Å²) in [5.41, 5.74) is 14.8. The van der Waals surface area contributed by atoms with E-state index >= 15 is 0 Å². The topological polar surface area (TPSA) is 67.3 Å². The quantitative estimate of drug-likeness (QED) is 0.594. The molecule has 0 bridgehead atoms. The minimum absolute atomic E-state index is 0.415. The highest BCUT2D eigenvalue weighted by atomic mass is 15.5. The van der Waals surface area contributed by atoms with Gasteiger partial charge >= 0.3 is 0 Å². The molecule has 0 aromatic heterocycles. The summed E-state index contributed by atoms with van der Waals surface area (Å²) >= 11 is 0. The SMILES string of the molecule is CC(CCCN)CNN1CCC(N)CC1. The first-order valence-electron chi connectivity index (χ1n) is 6.16. The Balaban J connectivity index is 2.04. The van der Waals surface area contributed by atoms with Gasteiger partial charge in [-0.25, -0.2) is 5.01 Å². The Morgan fingerprint density at radius 2 is 2.07 bits per heavy atom. The minimum atomic E-state index is 0.415. The van der Waals surface area contributed by atoms with Crippen molar-refractivity contribution in [3.05, 3.63) is 0 Å². The number of hydrogen-bond acceptors (Lipinski definition) is 4. The molecule has 1 aliphatic rings. The third-order valence-corrected chi connectivity index (χ3v) is 3.10. The molecule has 0 spiro atoms. The molecule has 1 atom stereocenters. The number of hydrazine groups is 1. The number of hydrogen-bond donors (Lipinski definition) is 3. The van der Waals surface area contributed by atoms with Gasteiger partial charge in [0.25, 0.3) is 0 Å². The molecule has 0 aliphatic carbocycles. The van der Waals surface area contributed by atoms with E-state index in [-0.39, 0.29) is 0 Å². The second-order valence-electron chi connectivity index (χ2n) is 4.72. The molecule has 1 saturated heterocycles. The van der Waals surface area contributed by atoms with E-state index in [1.807, 2.05) is 0 Å². The van der Waals surface area contributed by atoms with Crippen LogP contribution in [0.4, 0.5) is 0 Å². The number of nitrogens with two attached hydrogens (primary N) is 2. The molecule has 1 rings (SSSR count). The summed E-state index contributed by atoms with van der Waals surface area (Å²) in [4.78, 5) is 0. The van der Waals surface area contributed by atoms with Crippen LogP contribution in [0.25, 0.3) is 0 Å². The third kappa shape index (κ3) is 5.47. The van der Waals surface area contributed by atoms with Gasteiger partial charge in [0.15, 0.2) is 0 Å². The van der Waals surface area contributed by atoms with E-state index in [0.717, 1.165) is 45.4 Å². The highest BCUT2D eigenvalue weighted by Gasteiger charge is 2.15. The summed E-state index contributed by atoms with van der Waals surface area (Å²) in [5, 5.41) is 2.31. The van der Waals surface area contributed by atoms with E-state index in [2.05, 4.69) is 17.4 Å². The first-order chi connectivity index (χ1) is 7.22. The van der Waals surface area contributed by atoms with E-state index in [0.29, 0.717) is 12.0 Å². The van der Waals surface area contributed by atoms with Crippen molar-refractivity contribution in [2.45, 2.75) is 38.6 Å². The molecular weight excluding hydrogens is 188 g/mol. The van der Waals surface area contributed by atoms with Gasteiger partial charge in [-0.3, -0.25) is 5.43 Å². The van der Waals surface area contributed by atoms with Crippen LogP contribution in [0, 0.1) is 5.92 Å². The predicted molar refractivity (Wildman–Crippen MR) is 64.2 cm³/mol. The molecule has 0 amide bonds. The Labute approximate surface area is 93.3 Å². The van der Waals surface area contributed by atoms with Gasteiger partial charge in [-0.1, -0.05) is 6.92 Å². The molecule has 0 aromatic carbocycles. The van der Waals surface area contributed by atoms with Gasteiger partial charge in [-0.2, -0.15) is 0 Å². The van der Waals surface area contributed by atoms with Crippen LogP contribution in [0.1, 0.15) is 32.6 Å². The summed E-state index contributed by atoms with van der Waals surface area (Å²) in [5.74, 6) is 0.712. The van der Waals surface area contributed by atoms with Crippen molar-refractivity contribution in [2.24, 2.45) is 17.4 Å². The Bertz CT molecular complexity index is 155. The van der Waals surface area contributed by atoms with E-state index in [1.54, 1.807) is 0 Å². The molecule has 1 fully saturated rings. The molecule has 4 heteroatoms. The van der Waals surface area contributed by atoms with Crippen LogP contribution in [0.5, 0.6) is 0 Å². The Hall–Kier alpha value is -0.160. The van der Waals surface area contributed by atoms with Crippen LogP contribution < -0.4 is 16.9 Å². The fourth-order valence-electron chi connectivity index (χ4n) is 1.91. The van der Waals surface area contributed by atoms with Crippen LogP contribution >= 0.6 is 0 Å². The zero-order chi connectivity index (χ0) is 11.1. The maximum Gasteiger partial charge on any atom is 0.0145 e. The van der Waals surface area contributed by atoms with Gasteiger partial charge in [0.05, 0.1) is 0 Å². The average molecular weight is 214 g/mol. The molecule has 0 aromatic rings. The van der Waals surface area contributed by atoms with Crippen molar-refractivity contribution in [1.82, 2.24) is 10.4 Å². The highest BCUT2D eigenvalue weighted by Crippen LogP contribution is 2.07. The molecule has 1 heterocycles. The normalized spacial score (nSPS) is 21.8. The second-order valence-corrected chi connectivity index (χ2v) is 4.72. The molecule has 15 heavy (non-hydrogen) atoms. The summed E-state index contributed by atoms with van der Waals surface area (Å²) in [6.07, 6.45) is 4.58. The zero-order valence-corrected chi connectivity index (χ0v) is 9.91. The molecule has 5 N–H and O–H groups in total. The van der Waals surface area contributed by atoms with Crippen molar-refractivity contribution >= 4 is 0 Å².